The molecule has 0 radical (unpaired) electrons. The van der Waals surface area contributed by atoms with Gasteiger partial charge in [0.25, 0.3) is 0 Å². The zero-order valence-corrected chi connectivity index (χ0v) is 13.6. The summed E-state index contributed by atoms with van der Waals surface area (Å²) in [6.45, 7) is 4.05. The summed E-state index contributed by atoms with van der Waals surface area (Å²) >= 11 is 6.27. The number of rotatable bonds is 3. The summed E-state index contributed by atoms with van der Waals surface area (Å²) in [5, 5.41) is 8.37. The minimum Gasteiger partial charge on any atom is -0.444 e. The lowest BCUT2D eigenvalue weighted by atomic mass is 9.94. The second kappa shape index (κ2) is 5.66. The molecule has 1 aliphatic carbocycles. The van der Waals surface area contributed by atoms with E-state index in [1.807, 2.05) is 19.1 Å². The van der Waals surface area contributed by atoms with Gasteiger partial charge in [-0.05, 0) is 50.0 Å². The van der Waals surface area contributed by atoms with E-state index in [2.05, 4.69) is 24.5 Å². The fourth-order valence-electron chi connectivity index (χ4n) is 2.52. The van der Waals surface area contributed by atoms with E-state index in [1.165, 1.54) is 16.7 Å². The largest absolute Gasteiger partial charge is 0.444 e. The maximum absolute atomic E-state index is 7.52. The van der Waals surface area contributed by atoms with Crippen LogP contribution in [0.25, 0.3) is 4.91 Å². The summed E-state index contributed by atoms with van der Waals surface area (Å²) in [6, 6.07) is 3.79. The molecule has 0 unspecified atom stereocenters. The third-order valence-electron chi connectivity index (χ3n) is 3.70. The Kier molecular flexibility index (Phi) is 3.87. The Balaban J connectivity index is 2.09. The Morgan fingerprint density at radius 3 is 2.90 bits per heavy atom. The lowest BCUT2D eigenvalue weighted by Crippen LogP contribution is -2.03. The Morgan fingerprint density at radius 1 is 1.38 bits per heavy atom. The molecule has 3 rings (SSSR count). The molecule has 2 heterocycles. The molecule has 2 aromatic heterocycles. The third-order valence-corrected chi connectivity index (χ3v) is 5.23. The number of aromatic nitrogens is 1. The SMILES string of the molecule is Cc1ncccc1Oc1sc(C)c2c1C(S)=C(C=N)CC2. The normalized spacial score (nSPS) is 14.0. The zero-order valence-electron chi connectivity index (χ0n) is 11.9. The molecular formula is C16H16N2OS2. The van der Waals surface area contributed by atoms with E-state index < -0.39 is 0 Å². The number of pyridine rings is 1. The monoisotopic (exact) mass is 316 g/mol. The molecule has 5 heteroatoms. The lowest BCUT2D eigenvalue weighted by Gasteiger charge is -2.17. The molecule has 21 heavy (non-hydrogen) atoms. The number of thiophene rings is 1. The van der Waals surface area contributed by atoms with E-state index in [-0.39, 0.29) is 0 Å². The highest BCUT2D eigenvalue weighted by atomic mass is 32.1. The highest BCUT2D eigenvalue weighted by Crippen LogP contribution is 2.47. The maximum atomic E-state index is 7.52. The van der Waals surface area contributed by atoms with Gasteiger partial charge in [-0.3, -0.25) is 4.98 Å². The van der Waals surface area contributed by atoms with Crippen LogP contribution in [0, 0.1) is 19.3 Å². The Morgan fingerprint density at radius 2 is 2.19 bits per heavy atom. The van der Waals surface area contributed by atoms with Gasteiger partial charge < -0.3 is 10.1 Å². The fraction of sp³-hybridized carbons (Fsp3) is 0.250. The molecule has 0 atom stereocenters. The smallest absolute Gasteiger partial charge is 0.189 e. The molecule has 0 aromatic carbocycles. The van der Waals surface area contributed by atoms with E-state index in [1.54, 1.807) is 17.5 Å². The van der Waals surface area contributed by atoms with Gasteiger partial charge in [0, 0.05) is 27.8 Å². The van der Waals surface area contributed by atoms with Crippen LogP contribution in [0.4, 0.5) is 0 Å². The van der Waals surface area contributed by atoms with E-state index in [0.29, 0.717) is 0 Å². The van der Waals surface area contributed by atoms with E-state index in [4.69, 9.17) is 10.1 Å². The predicted octanol–water partition coefficient (Wildman–Crippen LogP) is 4.79. The van der Waals surface area contributed by atoms with Gasteiger partial charge in [-0.15, -0.1) is 24.0 Å². The van der Waals surface area contributed by atoms with Gasteiger partial charge >= 0.3 is 0 Å². The maximum Gasteiger partial charge on any atom is 0.189 e. The van der Waals surface area contributed by atoms with Crippen LogP contribution in [-0.4, -0.2) is 11.2 Å². The van der Waals surface area contributed by atoms with Crippen LogP contribution in [-0.2, 0) is 6.42 Å². The molecule has 0 fully saturated rings. The molecular weight excluding hydrogens is 300 g/mol. The quantitative estimate of drug-likeness (QED) is 0.632. The first kappa shape index (κ1) is 14.4. The topological polar surface area (TPSA) is 46.0 Å². The Bertz CT molecular complexity index is 747. The fourth-order valence-corrected chi connectivity index (χ4v) is 4.07. The van der Waals surface area contributed by atoms with Crippen molar-refractivity contribution in [1.29, 1.82) is 5.41 Å². The first-order valence-electron chi connectivity index (χ1n) is 6.76. The minimum absolute atomic E-state index is 0.768. The summed E-state index contributed by atoms with van der Waals surface area (Å²) in [7, 11) is 0. The Hall–Kier alpha value is -1.59. The van der Waals surface area contributed by atoms with Gasteiger partial charge in [-0.1, -0.05) is 0 Å². The minimum atomic E-state index is 0.768. The number of ether oxygens (including phenoxy) is 1. The van der Waals surface area contributed by atoms with Crippen molar-refractivity contribution in [2.24, 2.45) is 0 Å². The van der Waals surface area contributed by atoms with Crippen LogP contribution in [0.5, 0.6) is 10.8 Å². The predicted molar refractivity (Wildman–Crippen MR) is 91.1 cm³/mol. The summed E-state index contributed by atoms with van der Waals surface area (Å²) in [6.07, 6.45) is 4.98. The highest BCUT2D eigenvalue weighted by molar-refractivity contribution is 7.90. The number of nitrogens with zero attached hydrogens (tertiary/aromatic N) is 1. The average Bonchev–Trinajstić information content (AvgIpc) is 2.79. The van der Waals surface area contributed by atoms with Crippen LogP contribution >= 0.6 is 24.0 Å². The summed E-state index contributed by atoms with van der Waals surface area (Å²) in [4.78, 5) is 6.39. The van der Waals surface area contributed by atoms with Crippen molar-refractivity contribution >= 4 is 35.1 Å². The number of hydrogen-bond donors (Lipinski definition) is 2. The van der Waals surface area contributed by atoms with Gasteiger partial charge in [-0.25, -0.2) is 0 Å². The molecule has 0 spiro atoms. The van der Waals surface area contributed by atoms with Crippen LogP contribution in [0.15, 0.2) is 23.9 Å². The van der Waals surface area contributed by atoms with Gasteiger partial charge in [-0.2, -0.15) is 0 Å². The number of allylic oxidation sites excluding steroid dienone is 1. The lowest BCUT2D eigenvalue weighted by molar-refractivity contribution is 0.487. The molecule has 0 saturated carbocycles. The number of nitrogens with one attached hydrogen (secondary N) is 1. The van der Waals surface area contributed by atoms with Crippen molar-refractivity contribution < 1.29 is 4.74 Å². The van der Waals surface area contributed by atoms with Gasteiger partial charge in [0.05, 0.1) is 5.69 Å². The number of thiol groups is 1. The van der Waals surface area contributed by atoms with Gasteiger partial charge in [0.2, 0.25) is 0 Å². The Labute approximate surface area is 133 Å². The summed E-state index contributed by atoms with van der Waals surface area (Å²) in [5.41, 5.74) is 4.18. The zero-order chi connectivity index (χ0) is 15.0. The van der Waals surface area contributed by atoms with Crippen molar-refractivity contribution in [3.8, 4) is 10.8 Å². The van der Waals surface area contributed by atoms with Crippen molar-refractivity contribution in [2.75, 3.05) is 0 Å². The van der Waals surface area contributed by atoms with E-state index >= 15 is 0 Å². The number of aryl methyl sites for hydroxylation is 2. The first-order chi connectivity index (χ1) is 10.1. The first-order valence-corrected chi connectivity index (χ1v) is 8.03. The van der Waals surface area contributed by atoms with E-state index in [9.17, 15) is 0 Å². The standard InChI is InChI=1S/C16H16N2OS2/c1-9-13(4-3-7-18-9)19-16-14-12(10(2)21-16)6-5-11(8-17)15(14)20/h3-4,7-8,17,20H,5-6H2,1-2H3. The molecule has 0 amide bonds. The molecule has 108 valence electrons. The summed E-state index contributed by atoms with van der Waals surface area (Å²) < 4.78 is 6.09. The van der Waals surface area contributed by atoms with Crippen molar-refractivity contribution in [3.05, 3.63) is 45.6 Å². The van der Waals surface area contributed by atoms with Gasteiger partial charge in [0.1, 0.15) is 5.75 Å². The summed E-state index contributed by atoms with van der Waals surface area (Å²) in [5.74, 6) is 0.768. The molecule has 0 aliphatic heterocycles. The van der Waals surface area contributed by atoms with Crippen molar-refractivity contribution in [1.82, 2.24) is 4.98 Å². The highest BCUT2D eigenvalue weighted by Gasteiger charge is 2.25. The van der Waals surface area contributed by atoms with E-state index in [0.717, 1.165) is 45.4 Å². The second-order valence-electron chi connectivity index (χ2n) is 5.01. The molecule has 1 N–H and O–H groups in total. The molecule has 0 bridgehead atoms. The third kappa shape index (κ3) is 2.51. The van der Waals surface area contributed by atoms with Crippen LogP contribution < -0.4 is 4.74 Å². The molecule has 3 nitrogen and oxygen atoms in total. The van der Waals surface area contributed by atoms with Crippen molar-refractivity contribution in [2.45, 2.75) is 26.7 Å². The average molecular weight is 316 g/mol. The number of hydrogen-bond acceptors (Lipinski definition) is 5. The van der Waals surface area contributed by atoms with Gasteiger partial charge in [0.15, 0.2) is 5.06 Å². The molecule has 1 aliphatic rings. The second-order valence-corrected chi connectivity index (χ2v) is 6.64. The molecule has 2 aromatic rings. The van der Waals surface area contributed by atoms with Crippen LogP contribution in [0.2, 0.25) is 0 Å². The van der Waals surface area contributed by atoms with Crippen LogP contribution in [0.3, 0.4) is 0 Å². The molecule has 0 saturated heterocycles. The number of fused-ring (bicyclic) bond motifs is 1. The van der Waals surface area contributed by atoms with Crippen molar-refractivity contribution in [3.63, 3.8) is 0 Å². The van der Waals surface area contributed by atoms with Crippen LogP contribution in [0.1, 0.15) is 28.1 Å².